The van der Waals surface area contributed by atoms with Crippen molar-refractivity contribution in [3.05, 3.63) is 81.9 Å². The van der Waals surface area contributed by atoms with Gasteiger partial charge in [-0.3, -0.25) is 24.5 Å². The maximum Gasteiger partial charge on any atom is 0.293 e. The highest BCUT2D eigenvalue weighted by atomic mass is 16.6. The van der Waals surface area contributed by atoms with Gasteiger partial charge < -0.3 is 19.7 Å². The Kier molecular flexibility index (Phi) is 6.58. The minimum atomic E-state index is -0.512. The first-order valence-electron chi connectivity index (χ1n) is 11.0. The Morgan fingerprint density at radius 3 is 2.23 bits per heavy atom. The number of carbonyl (C=O) groups excluding carboxylic acids is 3. The summed E-state index contributed by atoms with van der Waals surface area (Å²) >= 11 is 0. The van der Waals surface area contributed by atoms with Crippen molar-refractivity contribution in [1.29, 1.82) is 0 Å². The average molecular weight is 476 g/mol. The molecular formula is C24H24N6O5. The molecule has 2 aromatic carbocycles. The lowest BCUT2D eigenvalue weighted by molar-refractivity contribution is -0.384. The second-order valence-electron chi connectivity index (χ2n) is 8.18. The van der Waals surface area contributed by atoms with E-state index in [2.05, 4.69) is 10.3 Å². The van der Waals surface area contributed by atoms with Crippen LogP contribution in [0.15, 0.2) is 54.9 Å². The van der Waals surface area contributed by atoms with E-state index in [4.69, 9.17) is 0 Å². The fourth-order valence-corrected chi connectivity index (χ4v) is 3.96. The molecule has 2 amide bonds. The summed E-state index contributed by atoms with van der Waals surface area (Å²) < 4.78 is 1.62. The van der Waals surface area contributed by atoms with Gasteiger partial charge in [-0.05, 0) is 36.4 Å². The number of nitro benzene ring substituents is 1. The topological polar surface area (TPSA) is 131 Å². The number of nitrogens with zero attached hydrogens (tertiary/aromatic N) is 5. The second kappa shape index (κ2) is 9.75. The Morgan fingerprint density at radius 1 is 1.00 bits per heavy atom. The molecule has 1 saturated heterocycles. The molecule has 0 aliphatic carbocycles. The summed E-state index contributed by atoms with van der Waals surface area (Å²) in [6, 6.07) is 10.7. The third-order valence-corrected chi connectivity index (χ3v) is 5.93. The predicted molar refractivity (Wildman–Crippen MR) is 129 cm³/mol. The Bertz CT molecular complexity index is 1290. The summed E-state index contributed by atoms with van der Waals surface area (Å²) in [6.45, 7) is 3.39. The lowest BCUT2D eigenvalue weighted by Gasteiger charge is -2.35. The zero-order valence-corrected chi connectivity index (χ0v) is 19.3. The first-order chi connectivity index (χ1) is 16.7. The quantitative estimate of drug-likeness (QED) is 0.328. The molecule has 2 heterocycles. The number of imidazole rings is 1. The number of nitrogens with one attached hydrogen (secondary N) is 1. The summed E-state index contributed by atoms with van der Waals surface area (Å²) in [5.41, 5.74) is 1.23. The van der Waals surface area contributed by atoms with Gasteiger partial charge in [0.15, 0.2) is 5.82 Å². The third-order valence-electron chi connectivity index (χ3n) is 5.93. The van der Waals surface area contributed by atoms with E-state index in [0.29, 0.717) is 48.9 Å². The van der Waals surface area contributed by atoms with Gasteiger partial charge in [0.05, 0.1) is 4.92 Å². The number of anilines is 2. The minimum Gasteiger partial charge on any atom is -0.362 e. The van der Waals surface area contributed by atoms with E-state index in [1.165, 1.54) is 19.1 Å². The number of aryl methyl sites for hydroxylation is 1. The first-order valence-corrected chi connectivity index (χ1v) is 11.0. The molecule has 35 heavy (non-hydrogen) atoms. The molecule has 0 unspecified atom stereocenters. The van der Waals surface area contributed by atoms with Crippen LogP contribution in [-0.4, -0.2) is 63.2 Å². The van der Waals surface area contributed by atoms with Crippen LogP contribution in [0.25, 0.3) is 0 Å². The van der Waals surface area contributed by atoms with Crippen molar-refractivity contribution in [3.8, 4) is 0 Å². The number of nitro groups is 1. The normalized spacial score (nSPS) is 13.4. The molecule has 1 aliphatic heterocycles. The van der Waals surface area contributed by atoms with Crippen molar-refractivity contribution >= 4 is 34.7 Å². The second-order valence-corrected chi connectivity index (χ2v) is 8.18. The standard InChI is InChI=1S/C24H24N6O5/c1-16(31)28-11-13-29(14-12-28)20-8-5-18(15-21(20)30(34)35)24(33)26-19-6-3-17(4-7-19)22(32)23-25-9-10-27(23)2/h3-10,15H,11-14H2,1-2H3,(H,26,33). The number of hydrogen-bond acceptors (Lipinski definition) is 7. The zero-order chi connectivity index (χ0) is 25.1. The Morgan fingerprint density at radius 2 is 1.66 bits per heavy atom. The summed E-state index contributed by atoms with van der Waals surface area (Å²) in [7, 11) is 1.73. The molecule has 11 heteroatoms. The maximum atomic E-state index is 12.8. The van der Waals surface area contributed by atoms with Gasteiger partial charge in [0.1, 0.15) is 5.69 Å². The van der Waals surface area contributed by atoms with E-state index < -0.39 is 10.8 Å². The van der Waals surface area contributed by atoms with Crippen molar-refractivity contribution in [3.63, 3.8) is 0 Å². The van der Waals surface area contributed by atoms with Gasteiger partial charge in [-0.25, -0.2) is 4.98 Å². The van der Waals surface area contributed by atoms with Gasteiger partial charge in [-0.2, -0.15) is 0 Å². The highest BCUT2D eigenvalue weighted by Crippen LogP contribution is 2.30. The van der Waals surface area contributed by atoms with Crippen LogP contribution in [0.2, 0.25) is 0 Å². The summed E-state index contributed by atoms with van der Waals surface area (Å²) in [5, 5.41) is 14.4. The lowest BCUT2D eigenvalue weighted by Crippen LogP contribution is -2.48. The molecule has 0 bridgehead atoms. The van der Waals surface area contributed by atoms with Gasteiger partial charge in [0.2, 0.25) is 11.7 Å². The van der Waals surface area contributed by atoms with Gasteiger partial charge in [0.25, 0.3) is 11.6 Å². The molecule has 0 atom stereocenters. The van der Waals surface area contributed by atoms with Crippen molar-refractivity contribution in [1.82, 2.24) is 14.5 Å². The highest BCUT2D eigenvalue weighted by Gasteiger charge is 2.26. The molecule has 11 nitrogen and oxygen atoms in total. The molecule has 3 aromatic rings. The van der Waals surface area contributed by atoms with Crippen LogP contribution in [0, 0.1) is 10.1 Å². The van der Waals surface area contributed by atoms with Crippen molar-refractivity contribution in [2.24, 2.45) is 7.05 Å². The molecular weight excluding hydrogens is 452 g/mol. The van der Waals surface area contributed by atoms with Crippen molar-refractivity contribution in [2.75, 3.05) is 36.4 Å². The average Bonchev–Trinajstić information content (AvgIpc) is 3.29. The number of amides is 2. The molecule has 0 radical (unpaired) electrons. The third kappa shape index (κ3) is 5.03. The Labute approximate surface area is 201 Å². The number of hydrogen-bond donors (Lipinski definition) is 1. The van der Waals surface area contributed by atoms with E-state index >= 15 is 0 Å². The van der Waals surface area contributed by atoms with Crippen molar-refractivity contribution in [2.45, 2.75) is 6.92 Å². The number of carbonyl (C=O) groups is 3. The molecule has 1 aromatic heterocycles. The molecule has 4 rings (SSSR count). The van der Waals surface area contributed by atoms with Crippen LogP contribution in [0.1, 0.15) is 33.5 Å². The van der Waals surface area contributed by atoms with Crippen LogP contribution >= 0.6 is 0 Å². The maximum absolute atomic E-state index is 12.8. The Hall–Kier alpha value is -4.54. The Balaban J connectivity index is 1.47. The van der Waals surface area contributed by atoms with Crippen LogP contribution in [0.3, 0.4) is 0 Å². The number of aromatic nitrogens is 2. The number of benzene rings is 2. The monoisotopic (exact) mass is 476 g/mol. The SMILES string of the molecule is CC(=O)N1CCN(c2ccc(C(=O)Nc3ccc(C(=O)c4nccn4C)cc3)cc2[N+](=O)[O-])CC1. The van der Waals surface area contributed by atoms with Crippen LogP contribution in [-0.2, 0) is 11.8 Å². The lowest BCUT2D eigenvalue weighted by atomic mass is 10.1. The molecule has 1 aliphatic rings. The summed E-state index contributed by atoms with van der Waals surface area (Å²) in [4.78, 5) is 55.7. The predicted octanol–water partition coefficient (Wildman–Crippen LogP) is 2.48. The number of piperazine rings is 1. The van der Waals surface area contributed by atoms with E-state index in [1.807, 2.05) is 4.90 Å². The fraction of sp³-hybridized carbons (Fsp3) is 0.250. The van der Waals surface area contributed by atoms with E-state index in [1.54, 1.807) is 59.2 Å². The van der Waals surface area contributed by atoms with Gasteiger partial charge >= 0.3 is 0 Å². The smallest absolute Gasteiger partial charge is 0.293 e. The fourth-order valence-electron chi connectivity index (χ4n) is 3.96. The summed E-state index contributed by atoms with van der Waals surface area (Å²) in [5.74, 6) is -0.480. The van der Waals surface area contributed by atoms with Crippen LogP contribution in [0.4, 0.5) is 17.1 Å². The van der Waals surface area contributed by atoms with E-state index in [0.717, 1.165) is 0 Å². The van der Waals surface area contributed by atoms with Crippen LogP contribution < -0.4 is 10.2 Å². The molecule has 1 N–H and O–H groups in total. The highest BCUT2D eigenvalue weighted by molar-refractivity contribution is 6.08. The van der Waals surface area contributed by atoms with Crippen molar-refractivity contribution < 1.29 is 19.3 Å². The minimum absolute atomic E-state index is 0.0276. The zero-order valence-electron chi connectivity index (χ0n) is 19.3. The molecule has 0 saturated carbocycles. The first kappa shape index (κ1) is 23.6. The van der Waals surface area contributed by atoms with Gasteiger partial charge in [-0.1, -0.05) is 0 Å². The van der Waals surface area contributed by atoms with Gasteiger partial charge in [-0.15, -0.1) is 0 Å². The molecule has 180 valence electrons. The van der Waals surface area contributed by atoms with Gasteiger partial charge in [0, 0.05) is 75.4 Å². The number of rotatable bonds is 6. The number of ketones is 1. The largest absolute Gasteiger partial charge is 0.362 e. The van der Waals surface area contributed by atoms with E-state index in [-0.39, 0.29) is 22.9 Å². The summed E-state index contributed by atoms with van der Waals surface area (Å²) in [6.07, 6.45) is 3.22. The molecule has 0 spiro atoms. The molecule has 1 fully saturated rings. The van der Waals surface area contributed by atoms with E-state index in [9.17, 15) is 24.5 Å². The van der Waals surface area contributed by atoms with Crippen LogP contribution in [0.5, 0.6) is 0 Å².